The Morgan fingerprint density at radius 3 is 2.26 bits per heavy atom. The molecule has 0 aliphatic carbocycles. The zero-order valence-electron chi connectivity index (χ0n) is 14.7. The van der Waals surface area contributed by atoms with Gasteiger partial charge in [0.2, 0.25) is 5.91 Å². The highest BCUT2D eigenvalue weighted by Crippen LogP contribution is 2.16. The Balaban J connectivity index is 3.09. The van der Waals surface area contributed by atoms with E-state index in [0.29, 0.717) is 5.56 Å². The van der Waals surface area contributed by atoms with Crippen LogP contribution in [-0.4, -0.2) is 35.4 Å². The maximum absolute atomic E-state index is 12.4. The minimum absolute atomic E-state index is 0.108. The first kappa shape index (κ1) is 18.9. The minimum Gasteiger partial charge on any atom is -0.345 e. The van der Waals surface area contributed by atoms with Crippen molar-refractivity contribution in [3.8, 4) is 0 Å². The predicted octanol–water partition coefficient (Wildman–Crippen LogP) is 2.24. The van der Waals surface area contributed by atoms with Gasteiger partial charge in [-0.2, -0.15) is 0 Å². The van der Waals surface area contributed by atoms with Gasteiger partial charge in [-0.3, -0.25) is 14.4 Å². The van der Waals surface area contributed by atoms with Gasteiger partial charge in [0.05, 0.1) is 5.56 Å². The maximum atomic E-state index is 12.4. The summed E-state index contributed by atoms with van der Waals surface area (Å²) in [6.07, 6.45) is 4.88. The Hall–Kier alpha value is -2.11. The quantitative estimate of drug-likeness (QED) is 0.837. The van der Waals surface area contributed by atoms with Crippen LogP contribution in [0.15, 0.2) is 17.1 Å². The van der Waals surface area contributed by atoms with Crippen molar-refractivity contribution in [1.29, 1.82) is 0 Å². The molecule has 6 nitrogen and oxygen atoms in total. The zero-order chi connectivity index (χ0) is 17.6. The molecule has 0 saturated carbocycles. The van der Waals surface area contributed by atoms with Crippen molar-refractivity contribution in [3.63, 3.8) is 0 Å². The number of amides is 2. The highest BCUT2D eigenvalue weighted by atomic mass is 16.2. The number of nitrogens with one attached hydrogen (secondary N) is 1. The number of rotatable bonds is 7. The highest BCUT2D eigenvalue weighted by Gasteiger charge is 2.19. The monoisotopic (exact) mass is 321 g/mol. The van der Waals surface area contributed by atoms with Crippen LogP contribution >= 0.6 is 0 Å². The van der Waals surface area contributed by atoms with Crippen molar-refractivity contribution >= 4 is 17.5 Å². The third-order valence-corrected chi connectivity index (χ3v) is 3.74. The van der Waals surface area contributed by atoms with Gasteiger partial charge < -0.3 is 14.8 Å². The number of aryl methyl sites for hydroxylation is 1. The number of hydrogen-bond donors (Lipinski definition) is 1. The Bertz CT molecular complexity index is 614. The molecule has 0 aromatic carbocycles. The molecule has 0 unspecified atom stereocenters. The van der Waals surface area contributed by atoms with Crippen molar-refractivity contribution < 1.29 is 9.59 Å². The van der Waals surface area contributed by atoms with Gasteiger partial charge in [-0.05, 0) is 18.9 Å². The van der Waals surface area contributed by atoms with E-state index in [4.69, 9.17) is 0 Å². The van der Waals surface area contributed by atoms with Crippen LogP contribution in [-0.2, 0) is 11.8 Å². The first-order chi connectivity index (χ1) is 10.8. The molecule has 0 fully saturated rings. The van der Waals surface area contributed by atoms with E-state index in [1.807, 2.05) is 13.8 Å². The summed E-state index contributed by atoms with van der Waals surface area (Å²) < 4.78 is 1.32. The summed E-state index contributed by atoms with van der Waals surface area (Å²) in [5.74, 6) is -0.474. The number of hydrogen-bond acceptors (Lipinski definition) is 3. The normalized spacial score (nSPS) is 10.7. The van der Waals surface area contributed by atoms with Crippen LogP contribution in [0.5, 0.6) is 0 Å². The summed E-state index contributed by atoms with van der Waals surface area (Å²) >= 11 is 0. The largest absolute Gasteiger partial charge is 0.345 e. The number of aromatic nitrogens is 1. The van der Waals surface area contributed by atoms with Crippen LogP contribution in [0.3, 0.4) is 0 Å². The van der Waals surface area contributed by atoms with Gasteiger partial charge in [0, 0.05) is 33.3 Å². The molecule has 1 rings (SSSR count). The van der Waals surface area contributed by atoms with E-state index < -0.39 is 0 Å². The predicted molar refractivity (Wildman–Crippen MR) is 91.6 cm³/mol. The number of pyridine rings is 1. The molecule has 1 N–H and O–H groups in total. The molecule has 0 aliphatic rings. The second kappa shape index (κ2) is 8.50. The van der Waals surface area contributed by atoms with Crippen LogP contribution in [0.2, 0.25) is 0 Å². The zero-order valence-corrected chi connectivity index (χ0v) is 14.7. The van der Waals surface area contributed by atoms with Crippen molar-refractivity contribution in [1.82, 2.24) is 9.47 Å². The molecule has 1 aromatic heterocycles. The van der Waals surface area contributed by atoms with Gasteiger partial charge in [-0.25, -0.2) is 0 Å². The standard InChI is InChI=1S/C17H27N3O3/c1-6-8-12(9-7-2)15(21)18-14-10-13(16(22)19(3)4)11-20(5)17(14)23/h10-12H,6-9H2,1-5H3,(H,18,21). The van der Waals surface area contributed by atoms with Crippen LogP contribution in [0.25, 0.3) is 0 Å². The second-order valence-electron chi connectivity index (χ2n) is 6.02. The summed E-state index contributed by atoms with van der Waals surface area (Å²) in [4.78, 5) is 38.1. The molecule has 0 radical (unpaired) electrons. The van der Waals surface area contributed by atoms with E-state index in [1.54, 1.807) is 21.1 Å². The van der Waals surface area contributed by atoms with Crippen molar-refractivity contribution in [2.24, 2.45) is 13.0 Å². The lowest BCUT2D eigenvalue weighted by Gasteiger charge is -2.16. The number of carbonyl (C=O) groups is 2. The van der Waals surface area contributed by atoms with Crippen LogP contribution in [0.4, 0.5) is 5.69 Å². The third-order valence-electron chi connectivity index (χ3n) is 3.74. The Morgan fingerprint density at radius 1 is 1.22 bits per heavy atom. The smallest absolute Gasteiger partial charge is 0.274 e. The van der Waals surface area contributed by atoms with E-state index in [-0.39, 0.29) is 29.0 Å². The summed E-state index contributed by atoms with van der Waals surface area (Å²) in [7, 11) is 4.86. The van der Waals surface area contributed by atoms with E-state index in [1.165, 1.54) is 21.7 Å². The summed E-state index contributed by atoms with van der Waals surface area (Å²) in [6, 6.07) is 1.46. The molecule has 0 atom stereocenters. The van der Waals surface area contributed by atoms with Crippen molar-refractivity contribution in [2.45, 2.75) is 39.5 Å². The molecule has 1 heterocycles. The Labute approximate surface area is 137 Å². The van der Waals surface area contributed by atoms with Gasteiger partial charge in [-0.1, -0.05) is 26.7 Å². The molecule has 128 valence electrons. The summed E-state index contributed by atoms with van der Waals surface area (Å²) in [5, 5.41) is 2.71. The fourth-order valence-electron chi connectivity index (χ4n) is 2.51. The van der Waals surface area contributed by atoms with Gasteiger partial charge in [-0.15, -0.1) is 0 Å². The van der Waals surface area contributed by atoms with Crippen LogP contribution in [0.1, 0.15) is 49.9 Å². The van der Waals surface area contributed by atoms with Gasteiger partial charge in [0.1, 0.15) is 5.69 Å². The molecule has 0 aliphatic heterocycles. The Kier molecular flexibility index (Phi) is 7.00. The minimum atomic E-state index is -0.319. The highest BCUT2D eigenvalue weighted by molar-refractivity contribution is 5.97. The Morgan fingerprint density at radius 2 is 1.78 bits per heavy atom. The van der Waals surface area contributed by atoms with E-state index >= 15 is 0 Å². The lowest BCUT2D eigenvalue weighted by Crippen LogP contribution is -2.30. The van der Waals surface area contributed by atoms with Crippen LogP contribution < -0.4 is 10.9 Å². The van der Waals surface area contributed by atoms with E-state index in [9.17, 15) is 14.4 Å². The average molecular weight is 321 g/mol. The molecule has 0 saturated heterocycles. The van der Waals surface area contributed by atoms with Gasteiger partial charge >= 0.3 is 0 Å². The number of anilines is 1. The molecule has 2 amide bonds. The summed E-state index contributed by atoms with van der Waals surface area (Å²) in [5.41, 5.74) is 0.206. The first-order valence-electron chi connectivity index (χ1n) is 8.04. The molecule has 6 heteroatoms. The molecule has 23 heavy (non-hydrogen) atoms. The number of nitrogens with zero attached hydrogens (tertiary/aromatic N) is 2. The molecule has 0 spiro atoms. The first-order valence-corrected chi connectivity index (χ1v) is 8.04. The molecule has 0 bridgehead atoms. The van der Waals surface area contributed by atoms with Crippen molar-refractivity contribution in [2.75, 3.05) is 19.4 Å². The maximum Gasteiger partial charge on any atom is 0.274 e. The molecular weight excluding hydrogens is 294 g/mol. The topological polar surface area (TPSA) is 71.4 Å². The summed E-state index contributed by atoms with van der Waals surface area (Å²) in [6.45, 7) is 4.07. The third kappa shape index (κ3) is 4.94. The van der Waals surface area contributed by atoms with E-state index in [2.05, 4.69) is 5.32 Å². The lowest BCUT2D eigenvalue weighted by atomic mass is 9.97. The van der Waals surface area contributed by atoms with Crippen molar-refractivity contribution in [3.05, 3.63) is 28.2 Å². The molecule has 1 aromatic rings. The van der Waals surface area contributed by atoms with Gasteiger partial charge in [0.15, 0.2) is 0 Å². The second-order valence-corrected chi connectivity index (χ2v) is 6.02. The van der Waals surface area contributed by atoms with Gasteiger partial charge in [0.25, 0.3) is 11.5 Å². The fourth-order valence-corrected chi connectivity index (χ4v) is 2.51. The lowest BCUT2D eigenvalue weighted by molar-refractivity contribution is -0.120. The molecular formula is C17H27N3O3. The number of carbonyl (C=O) groups excluding carboxylic acids is 2. The fraction of sp³-hybridized carbons (Fsp3) is 0.588. The SMILES string of the molecule is CCCC(CCC)C(=O)Nc1cc(C(=O)N(C)C)cn(C)c1=O. The van der Waals surface area contributed by atoms with E-state index in [0.717, 1.165) is 25.7 Å². The average Bonchev–Trinajstić information content (AvgIpc) is 2.50. The van der Waals surface area contributed by atoms with Crippen LogP contribution in [0, 0.1) is 5.92 Å².